The number of hydrogen-bond donors (Lipinski definition) is 1. The summed E-state index contributed by atoms with van der Waals surface area (Å²) in [5, 5.41) is 9.18. The Labute approximate surface area is 107 Å². The maximum atomic E-state index is 9.18. The van der Waals surface area contributed by atoms with E-state index < -0.39 is 0 Å². The zero-order chi connectivity index (χ0) is 12.8. The van der Waals surface area contributed by atoms with Crippen LogP contribution >= 0.6 is 0 Å². The van der Waals surface area contributed by atoms with E-state index in [4.69, 9.17) is 4.74 Å². The van der Waals surface area contributed by atoms with Gasteiger partial charge in [0.2, 0.25) is 0 Å². The van der Waals surface area contributed by atoms with Crippen LogP contribution < -0.4 is 4.74 Å². The monoisotopic (exact) mass is 240 g/mol. The second kappa shape index (κ2) is 5.92. The van der Waals surface area contributed by atoms with Crippen LogP contribution in [0.5, 0.6) is 11.5 Å². The molecule has 0 aliphatic carbocycles. The highest BCUT2D eigenvalue weighted by Crippen LogP contribution is 2.14. The first-order valence-corrected chi connectivity index (χ1v) is 5.86. The van der Waals surface area contributed by atoms with Gasteiger partial charge in [0.05, 0.1) is 7.11 Å². The Bertz CT molecular complexity index is 510. The minimum Gasteiger partial charge on any atom is -0.508 e. The summed E-state index contributed by atoms with van der Waals surface area (Å²) in [6.07, 6.45) is 5.03. The van der Waals surface area contributed by atoms with Crippen molar-refractivity contribution in [1.82, 2.24) is 0 Å². The van der Waals surface area contributed by atoms with E-state index in [0.29, 0.717) is 5.75 Å². The molecule has 2 aromatic rings. The number of hydrogen-bond acceptors (Lipinski definition) is 2. The number of aromatic hydroxyl groups is 1. The molecular formula is C16H16O2. The van der Waals surface area contributed by atoms with Crippen molar-refractivity contribution in [2.75, 3.05) is 7.11 Å². The summed E-state index contributed by atoms with van der Waals surface area (Å²) in [6, 6.07) is 15.2. The van der Waals surface area contributed by atoms with Crippen molar-refractivity contribution in [1.29, 1.82) is 0 Å². The van der Waals surface area contributed by atoms with Gasteiger partial charge in [-0.15, -0.1) is 0 Å². The molecule has 2 nitrogen and oxygen atoms in total. The van der Waals surface area contributed by atoms with Crippen LogP contribution in [-0.2, 0) is 6.42 Å². The fourth-order valence-electron chi connectivity index (χ4n) is 1.68. The molecule has 0 aliphatic heterocycles. The standard InChI is InChI=1S/C16H16O2/c1-18-16-11-7-14(8-12-16)4-2-3-13-5-9-15(17)10-6-13/h2,4-12,17H,3H2,1H3/b4-2+. The van der Waals surface area contributed by atoms with E-state index in [2.05, 4.69) is 12.2 Å². The minimum absolute atomic E-state index is 0.304. The second-order valence-corrected chi connectivity index (χ2v) is 4.05. The number of methoxy groups -OCH3 is 1. The predicted molar refractivity (Wildman–Crippen MR) is 73.8 cm³/mol. The van der Waals surface area contributed by atoms with Crippen LogP contribution in [0.25, 0.3) is 6.08 Å². The lowest BCUT2D eigenvalue weighted by Crippen LogP contribution is -1.82. The lowest BCUT2D eigenvalue weighted by molar-refractivity contribution is 0.415. The van der Waals surface area contributed by atoms with Gasteiger partial charge in [-0.25, -0.2) is 0 Å². The van der Waals surface area contributed by atoms with Gasteiger partial charge >= 0.3 is 0 Å². The summed E-state index contributed by atoms with van der Waals surface area (Å²) in [5.41, 5.74) is 2.33. The average molecular weight is 240 g/mol. The van der Waals surface area contributed by atoms with Crippen LogP contribution in [-0.4, -0.2) is 12.2 Å². The van der Waals surface area contributed by atoms with Crippen LogP contribution in [0.4, 0.5) is 0 Å². The summed E-state index contributed by atoms with van der Waals surface area (Å²) in [6.45, 7) is 0. The van der Waals surface area contributed by atoms with E-state index in [1.165, 1.54) is 5.56 Å². The Morgan fingerprint density at radius 2 is 1.67 bits per heavy atom. The minimum atomic E-state index is 0.304. The third kappa shape index (κ3) is 3.39. The molecule has 0 amide bonds. The molecule has 0 bridgehead atoms. The number of benzene rings is 2. The molecular weight excluding hydrogens is 224 g/mol. The molecule has 18 heavy (non-hydrogen) atoms. The van der Waals surface area contributed by atoms with Crippen molar-refractivity contribution in [2.24, 2.45) is 0 Å². The lowest BCUT2D eigenvalue weighted by atomic mass is 10.1. The van der Waals surface area contributed by atoms with E-state index in [0.717, 1.165) is 17.7 Å². The van der Waals surface area contributed by atoms with Gasteiger partial charge < -0.3 is 9.84 Å². The van der Waals surface area contributed by atoms with Gasteiger partial charge in [-0.1, -0.05) is 36.4 Å². The van der Waals surface area contributed by atoms with Crippen molar-refractivity contribution in [3.63, 3.8) is 0 Å². The smallest absolute Gasteiger partial charge is 0.118 e. The van der Waals surface area contributed by atoms with E-state index in [1.54, 1.807) is 19.2 Å². The van der Waals surface area contributed by atoms with Crippen LogP contribution in [0, 0.1) is 0 Å². The Morgan fingerprint density at radius 3 is 2.28 bits per heavy atom. The first kappa shape index (κ1) is 12.2. The molecule has 2 heteroatoms. The predicted octanol–water partition coefficient (Wildman–Crippen LogP) is 3.66. The molecule has 0 unspecified atom stereocenters. The van der Waals surface area contributed by atoms with E-state index >= 15 is 0 Å². The fraction of sp³-hybridized carbons (Fsp3) is 0.125. The normalized spacial score (nSPS) is 10.7. The summed E-state index contributed by atoms with van der Waals surface area (Å²) < 4.78 is 5.11. The van der Waals surface area contributed by atoms with Crippen LogP contribution in [0.15, 0.2) is 54.6 Å². The Morgan fingerprint density at radius 1 is 1.00 bits per heavy atom. The van der Waals surface area contributed by atoms with Gasteiger partial charge in [-0.3, -0.25) is 0 Å². The van der Waals surface area contributed by atoms with Gasteiger partial charge in [0.25, 0.3) is 0 Å². The molecule has 0 aromatic heterocycles. The number of phenolic OH excluding ortho intramolecular Hbond substituents is 1. The van der Waals surface area contributed by atoms with Crippen LogP contribution in [0.3, 0.4) is 0 Å². The Kier molecular flexibility index (Phi) is 4.02. The van der Waals surface area contributed by atoms with Crippen molar-refractivity contribution < 1.29 is 9.84 Å². The highest BCUT2D eigenvalue weighted by molar-refractivity contribution is 5.51. The van der Waals surface area contributed by atoms with Crippen LogP contribution in [0.2, 0.25) is 0 Å². The second-order valence-electron chi connectivity index (χ2n) is 4.05. The summed E-state index contributed by atoms with van der Waals surface area (Å²) in [5.74, 6) is 1.17. The number of allylic oxidation sites excluding steroid dienone is 1. The summed E-state index contributed by atoms with van der Waals surface area (Å²) in [4.78, 5) is 0. The zero-order valence-electron chi connectivity index (χ0n) is 10.3. The average Bonchev–Trinajstić information content (AvgIpc) is 2.42. The molecule has 0 radical (unpaired) electrons. The molecule has 0 heterocycles. The zero-order valence-corrected chi connectivity index (χ0v) is 10.3. The van der Waals surface area contributed by atoms with Crippen molar-refractivity contribution in [3.8, 4) is 11.5 Å². The molecule has 2 aromatic carbocycles. The molecule has 0 atom stereocenters. The molecule has 2 rings (SSSR count). The van der Waals surface area contributed by atoms with Gasteiger partial charge in [-0.05, 0) is 41.8 Å². The summed E-state index contributed by atoms with van der Waals surface area (Å²) >= 11 is 0. The first-order valence-electron chi connectivity index (χ1n) is 5.86. The number of rotatable bonds is 4. The molecule has 0 aliphatic rings. The molecule has 0 fully saturated rings. The van der Waals surface area contributed by atoms with Crippen molar-refractivity contribution in [2.45, 2.75) is 6.42 Å². The highest BCUT2D eigenvalue weighted by atomic mass is 16.5. The first-order chi connectivity index (χ1) is 8.78. The topological polar surface area (TPSA) is 29.5 Å². The third-order valence-corrected chi connectivity index (χ3v) is 2.72. The van der Waals surface area contributed by atoms with Gasteiger partial charge in [0.1, 0.15) is 11.5 Å². The SMILES string of the molecule is COc1ccc(/C=C/Cc2ccc(O)cc2)cc1. The Hall–Kier alpha value is -2.22. The lowest BCUT2D eigenvalue weighted by Gasteiger charge is -1.99. The molecule has 0 saturated heterocycles. The molecule has 0 saturated carbocycles. The quantitative estimate of drug-likeness (QED) is 0.883. The Balaban J connectivity index is 1.96. The fourth-order valence-corrected chi connectivity index (χ4v) is 1.68. The maximum Gasteiger partial charge on any atom is 0.118 e. The van der Waals surface area contributed by atoms with Crippen molar-refractivity contribution in [3.05, 3.63) is 65.7 Å². The van der Waals surface area contributed by atoms with Gasteiger partial charge in [-0.2, -0.15) is 0 Å². The van der Waals surface area contributed by atoms with E-state index in [1.807, 2.05) is 36.4 Å². The highest BCUT2D eigenvalue weighted by Gasteiger charge is 1.92. The molecule has 1 N–H and O–H groups in total. The van der Waals surface area contributed by atoms with Gasteiger partial charge in [0, 0.05) is 0 Å². The maximum absolute atomic E-state index is 9.18. The van der Waals surface area contributed by atoms with Gasteiger partial charge in [0.15, 0.2) is 0 Å². The number of phenols is 1. The molecule has 92 valence electrons. The number of ether oxygens (including phenoxy) is 1. The van der Waals surface area contributed by atoms with E-state index in [9.17, 15) is 5.11 Å². The van der Waals surface area contributed by atoms with Crippen LogP contribution in [0.1, 0.15) is 11.1 Å². The van der Waals surface area contributed by atoms with E-state index in [-0.39, 0.29) is 0 Å². The third-order valence-electron chi connectivity index (χ3n) is 2.72. The molecule has 0 spiro atoms. The van der Waals surface area contributed by atoms with Crippen molar-refractivity contribution >= 4 is 6.08 Å². The largest absolute Gasteiger partial charge is 0.508 e. The summed E-state index contributed by atoms with van der Waals surface area (Å²) in [7, 11) is 1.66.